The third-order valence-corrected chi connectivity index (χ3v) is 4.15. The topological polar surface area (TPSA) is 73.9 Å². The van der Waals surface area contributed by atoms with E-state index in [0.29, 0.717) is 17.9 Å². The van der Waals surface area contributed by atoms with Crippen LogP contribution in [0.5, 0.6) is 5.75 Å². The summed E-state index contributed by atoms with van der Waals surface area (Å²) in [5.41, 5.74) is -0.183. The highest BCUT2D eigenvalue weighted by Crippen LogP contribution is 2.26. The van der Waals surface area contributed by atoms with E-state index in [0.717, 1.165) is 6.42 Å². The Hall–Kier alpha value is -2.08. The normalized spacial score (nSPS) is 14.4. The average Bonchev–Trinajstić information content (AvgIpc) is 2.61. The van der Waals surface area contributed by atoms with Crippen molar-refractivity contribution in [2.75, 3.05) is 19.5 Å². The van der Waals surface area contributed by atoms with Crippen LogP contribution in [0.2, 0.25) is 0 Å². The van der Waals surface area contributed by atoms with Crippen LogP contribution in [0.25, 0.3) is 0 Å². The first-order chi connectivity index (χ1) is 11.3. The van der Waals surface area contributed by atoms with Crippen LogP contribution in [-0.2, 0) is 14.3 Å². The number of benzene rings is 1. The van der Waals surface area contributed by atoms with Gasteiger partial charge in [0, 0.05) is 12.8 Å². The van der Waals surface area contributed by atoms with E-state index in [1.807, 2.05) is 20.8 Å². The number of nitrogens with one attached hydrogen (secondary N) is 1. The van der Waals surface area contributed by atoms with Crippen LogP contribution in [0.4, 0.5) is 5.69 Å². The molecule has 0 aliphatic rings. The van der Waals surface area contributed by atoms with Crippen LogP contribution in [0, 0.1) is 0 Å². The molecule has 2 atom stereocenters. The molecule has 0 saturated carbocycles. The molecule has 24 heavy (non-hydrogen) atoms. The number of carbonyl (C=O) groups excluding carboxylic acids is 2. The van der Waals surface area contributed by atoms with E-state index in [1.54, 1.807) is 25.1 Å². The minimum absolute atomic E-state index is 0.0364. The van der Waals surface area contributed by atoms with Gasteiger partial charge < -0.3 is 19.5 Å². The summed E-state index contributed by atoms with van der Waals surface area (Å²) in [5, 5.41) is 2.77. The van der Waals surface area contributed by atoms with Gasteiger partial charge in [0.25, 0.3) is 5.91 Å². The van der Waals surface area contributed by atoms with Gasteiger partial charge in [-0.1, -0.05) is 13.8 Å². The molecule has 1 rings (SSSR count). The van der Waals surface area contributed by atoms with Crippen LogP contribution in [-0.4, -0.2) is 37.8 Å². The number of anilines is 1. The van der Waals surface area contributed by atoms with Crippen molar-refractivity contribution in [3.05, 3.63) is 23.8 Å². The Labute approximate surface area is 143 Å². The molecular formula is C18H27NO5. The fourth-order valence-electron chi connectivity index (χ4n) is 1.94. The summed E-state index contributed by atoms with van der Waals surface area (Å²) < 4.78 is 15.8. The lowest BCUT2D eigenvalue weighted by molar-refractivity contribution is -0.136. The molecule has 0 aliphatic heterocycles. The molecule has 0 fully saturated rings. The summed E-state index contributed by atoms with van der Waals surface area (Å²) in [6.45, 7) is 7.49. The van der Waals surface area contributed by atoms with Gasteiger partial charge in [-0.15, -0.1) is 0 Å². The van der Waals surface area contributed by atoms with Gasteiger partial charge in [-0.3, -0.25) is 4.79 Å². The quantitative estimate of drug-likeness (QED) is 0.736. The zero-order valence-electron chi connectivity index (χ0n) is 15.3. The number of esters is 1. The number of hydrogen-bond acceptors (Lipinski definition) is 5. The number of rotatable bonds is 8. The van der Waals surface area contributed by atoms with Crippen molar-refractivity contribution < 1.29 is 23.8 Å². The van der Waals surface area contributed by atoms with Crippen molar-refractivity contribution in [2.24, 2.45) is 0 Å². The molecule has 1 aromatic rings. The number of methoxy groups -OCH3 is 2. The van der Waals surface area contributed by atoms with Crippen molar-refractivity contribution in [1.29, 1.82) is 0 Å². The largest absolute Gasteiger partial charge is 0.490 e. The van der Waals surface area contributed by atoms with E-state index in [-0.39, 0.29) is 17.6 Å². The molecule has 1 N–H and O–H groups in total. The number of ether oxygens (including phenoxy) is 3. The van der Waals surface area contributed by atoms with E-state index in [9.17, 15) is 9.59 Å². The van der Waals surface area contributed by atoms with E-state index in [4.69, 9.17) is 14.2 Å². The molecular weight excluding hydrogens is 310 g/mol. The first-order valence-corrected chi connectivity index (χ1v) is 8.06. The highest BCUT2D eigenvalue weighted by molar-refractivity contribution is 5.99. The third kappa shape index (κ3) is 4.71. The minimum Gasteiger partial charge on any atom is -0.490 e. The lowest BCUT2D eigenvalue weighted by atomic mass is 10.0. The minimum atomic E-state index is -0.933. The first kappa shape index (κ1) is 20.0. The van der Waals surface area contributed by atoms with Crippen molar-refractivity contribution in [1.82, 2.24) is 0 Å². The van der Waals surface area contributed by atoms with Crippen molar-refractivity contribution in [3.8, 4) is 5.75 Å². The highest BCUT2D eigenvalue weighted by Gasteiger charge is 2.31. The second-order valence-corrected chi connectivity index (χ2v) is 5.78. The monoisotopic (exact) mass is 337 g/mol. The number of amides is 1. The van der Waals surface area contributed by atoms with Crippen LogP contribution in [0.3, 0.4) is 0 Å². The maximum Gasteiger partial charge on any atom is 0.341 e. The summed E-state index contributed by atoms with van der Waals surface area (Å²) in [6, 6.07) is 4.89. The molecule has 6 nitrogen and oxygen atoms in total. The molecule has 0 aromatic heterocycles. The fraction of sp³-hybridized carbons (Fsp3) is 0.556. The molecule has 6 heteroatoms. The van der Waals surface area contributed by atoms with E-state index in [1.165, 1.54) is 14.2 Å². The molecule has 0 aliphatic carbocycles. The van der Waals surface area contributed by atoms with E-state index >= 15 is 0 Å². The summed E-state index contributed by atoms with van der Waals surface area (Å²) >= 11 is 0. The third-order valence-electron chi connectivity index (χ3n) is 4.15. The maximum absolute atomic E-state index is 12.4. The first-order valence-electron chi connectivity index (χ1n) is 8.06. The lowest BCUT2D eigenvalue weighted by Crippen LogP contribution is -2.41. The Morgan fingerprint density at radius 3 is 2.42 bits per heavy atom. The fourth-order valence-corrected chi connectivity index (χ4v) is 1.94. The zero-order chi connectivity index (χ0) is 18.3. The van der Waals surface area contributed by atoms with Gasteiger partial charge in [0.1, 0.15) is 16.9 Å². The molecule has 0 saturated heterocycles. The maximum atomic E-state index is 12.4. The van der Waals surface area contributed by atoms with Crippen LogP contribution in [0.1, 0.15) is 50.9 Å². The number of hydrogen-bond donors (Lipinski definition) is 1. The Kier molecular flexibility index (Phi) is 7.22. The number of carbonyl (C=O) groups is 2. The van der Waals surface area contributed by atoms with E-state index < -0.39 is 11.6 Å². The van der Waals surface area contributed by atoms with Crippen LogP contribution in [0.15, 0.2) is 18.2 Å². The van der Waals surface area contributed by atoms with Gasteiger partial charge in [-0.25, -0.2) is 4.79 Å². The lowest BCUT2D eigenvalue weighted by Gasteiger charge is -2.25. The predicted molar refractivity (Wildman–Crippen MR) is 92.5 cm³/mol. The Balaban J connectivity index is 3.10. The van der Waals surface area contributed by atoms with Crippen molar-refractivity contribution in [3.63, 3.8) is 0 Å². The van der Waals surface area contributed by atoms with Gasteiger partial charge in [0.2, 0.25) is 0 Å². The van der Waals surface area contributed by atoms with Gasteiger partial charge in [-0.05, 0) is 44.9 Å². The van der Waals surface area contributed by atoms with E-state index in [2.05, 4.69) is 5.32 Å². The smallest absolute Gasteiger partial charge is 0.341 e. The molecule has 0 spiro atoms. The summed E-state index contributed by atoms with van der Waals surface area (Å²) in [4.78, 5) is 24.4. The zero-order valence-corrected chi connectivity index (χ0v) is 15.3. The van der Waals surface area contributed by atoms with Crippen LogP contribution < -0.4 is 10.1 Å². The van der Waals surface area contributed by atoms with Crippen LogP contribution >= 0.6 is 0 Å². The molecule has 0 heterocycles. The Morgan fingerprint density at radius 1 is 1.25 bits per heavy atom. The molecule has 1 amide bonds. The predicted octanol–water partition coefficient (Wildman–Crippen LogP) is 3.40. The SMILES string of the molecule is CCC(C)Oc1ccc(NC(=O)C(C)(CC)OC)cc1C(=O)OC. The van der Waals surface area contributed by atoms with Gasteiger partial charge >= 0.3 is 5.97 Å². The second kappa shape index (κ2) is 8.68. The van der Waals surface area contributed by atoms with Crippen molar-refractivity contribution >= 4 is 17.6 Å². The molecule has 2 unspecified atom stereocenters. The average molecular weight is 337 g/mol. The Bertz CT molecular complexity index is 581. The highest BCUT2D eigenvalue weighted by atomic mass is 16.5. The van der Waals surface area contributed by atoms with Gasteiger partial charge in [0.15, 0.2) is 0 Å². The standard InChI is InChI=1S/C18H27NO5/c1-7-12(3)24-15-10-9-13(11-14(15)16(20)22-5)19-17(21)18(4,8-2)23-6/h9-12H,7-8H2,1-6H3,(H,19,21). The molecule has 134 valence electrons. The van der Waals surface area contributed by atoms with Gasteiger partial charge in [-0.2, -0.15) is 0 Å². The van der Waals surface area contributed by atoms with Gasteiger partial charge in [0.05, 0.1) is 13.2 Å². The Morgan fingerprint density at radius 2 is 1.92 bits per heavy atom. The molecule has 0 radical (unpaired) electrons. The molecule has 1 aromatic carbocycles. The summed E-state index contributed by atoms with van der Waals surface area (Å²) in [5.74, 6) is -0.368. The summed E-state index contributed by atoms with van der Waals surface area (Å²) in [6.07, 6.45) is 1.29. The van der Waals surface area contributed by atoms with Crippen molar-refractivity contribution in [2.45, 2.75) is 52.2 Å². The summed E-state index contributed by atoms with van der Waals surface area (Å²) in [7, 11) is 2.80. The molecule has 0 bridgehead atoms. The second-order valence-electron chi connectivity index (χ2n) is 5.78.